The summed E-state index contributed by atoms with van der Waals surface area (Å²) < 4.78 is 0. The number of nitrogens with one attached hydrogen (secondary N) is 1. The van der Waals surface area contributed by atoms with Crippen LogP contribution in [0.2, 0.25) is 0 Å². The summed E-state index contributed by atoms with van der Waals surface area (Å²) in [5, 5.41) is 6.63. The minimum Gasteiger partial charge on any atom is -0.394 e. The third kappa shape index (κ3) is 2.20. The molecule has 1 heterocycles. The van der Waals surface area contributed by atoms with Crippen LogP contribution in [0.4, 0.5) is 0 Å². The fourth-order valence-electron chi connectivity index (χ4n) is 2.61. The zero-order chi connectivity index (χ0) is 11.0. The van der Waals surface area contributed by atoms with Crippen molar-refractivity contribution in [1.29, 1.82) is 0 Å². The molecule has 1 amide bonds. The molecule has 0 radical (unpaired) electrons. The predicted molar refractivity (Wildman–Crippen MR) is 59.7 cm³/mol. The number of nitrogens with zero attached hydrogens (tertiary/aromatic N) is 1. The van der Waals surface area contributed by atoms with Crippen LogP contribution in [0.15, 0.2) is 5.16 Å². The molecule has 1 N–H and O–H groups in total. The van der Waals surface area contributed by atoms with Crippen LogP contribution in [0.5, 0.6) is 0 Å². The van der Waals surface area contributed by atoms with E-state index in [1.807, 2.05) is 0 Å². The lowest BCUT2D eigenvalue weighted by Crippen LogP contribution is -2.41. The van der Waals surface area contributed by atoms with E-state index in [1.54, 1.807) is 0 Å². The third-order valence-corrected chi connectivity index (χ3v) is 3.84. The van der Waals surface area contributed by atoms with Crippen molar-refractivity contribution < 1.29 is 9.63 Å². The molecule has 0 aromatic rings. The van der Waals surface area contributed by atoms with Gasteiger partial charge in [-0.25, -0.2) is 0 Å². The molecule has 0 spiro atoms. The van der Waals surface area contributed by atoms with Gasteiger partial charge in [0.25, 0.3) is 0 Å². The fraction of sp³-hybridized carbons (Fsp3) is 0.833. The van der Waals surface area contributed by atoms with Crippen LogP contribution < -0.4 is 5.32 Å². The molecule has 2 saturated carbocycles. The van der Waals surface area contributed by atoms with Crippen LogP contribution in [0, 0.1) is 17.8 Å². The molecule has 0 aromatic heterocycles. The summed E-state index contributed by atoms with van der Waals surface area (Å²) in [4.78, 5) is 16.6. The zero-order valence-electron chi connectivity index (χ0n) is 9.45. The van der Waals surface area contributed by atoms with Crippen molar-refractivity contribution in [3.8, 4) is 0 Å². The largest absolute Gasteiger partial charge is 0.394 e. The highest BCUT2D eigenvalue weighted by molar-refractivity contribution is 5.99. The Hall–Kier alpha value is -1.06. The number of hydrogen-bond acceptors (Lipinski definition) is 3. The van der Waals surface area contributed by atoms with Crippen LogP contribution in [0.1, 0.15) is 38.5 Å². The lowest BCUT2D eigenvalue weighted by molar-refractivity contribution is -0.127. The van der Waals surface area contributed by atoms with Crippen molar-refractivity contribution in [2.45, 2.75) is 38.5 Å². The third-order valence-electron chi connectivity index (χ3n) is 3.84. The number of carbonyl (C=O) groups is 1. The molecule has 4 heteroatoms. The Morgan fingerprint density at radius 3 is 2.81 bits per heavy atom. The lowest BCUT2D eigenvalue weighted by atomic mass is 9.72. The van der Waals surface area contributed by atoms with E-state index >= 15 is 0 Å². The van der Waals surface area contributed by atoms with E-state index in [2.05, 4.69) is 10.5 Å². The molecular weight excluding hydrogens is 204 g/mol. The molecule has 16 heavy (non-hydrogen) atoms. The average Bonchev–Trinajstić information content (AvgIpc) is 2.88. The summed E-state index contributed by atoms with van der Waals surface area (Å²) in [5.74, 6) is 2.88. The Morgan fingerprint density at radius 1 is 1.38 bits per heavy atom. The highest BCUT2D eigenvalue weighted by Gasteiger charge is 2.38. The Morgan fingerprint density at radius 2 is 2.19 bits per heavy atom. The van der Waals surface area contributed by atoms with Crippen molar-refractivity contribution in [1.82, 2.24) is 5.32 Å². The SMILES string of the molecule is O=C(NC1=NOCC1)C1CC(CC2CC2)C1. The molecule has 0 atom stereocenters. The van der Waals surface area contributed by atoms with Gasteiger partial charge in [-0.05, 0) is 31.1 Å². The quantitative estimate of drug-likeness (QED) is 0.789. The van der Waals surface area contributed by atoms with Crippen LogP contribution in [-0.2, 0) is 9.63 Å². The van der Waals surface area contributed by atoms with Gasteiger partial charge in [0.1, 0.15) is 6.61 Å². The van der Waals surface area contributed by atoms with Gasteiger partial charge in [0.15, 0.2) is 5.84 Å². The summed E-state index contributed by atoms with van der Waals surface area (Å²) in [6, 6.07) is 0. The summed E-state index contributed by atoms with van der Waals surface area (Å²) in [6.45, 7) is 0.602. The molecule has 88 valence electrons. The van der Waals surface area contributed by atoms with Gasteiger partial charge in [-0.1, -0.05) is 18.0 Å². The topological polar surface area (TPSA) is 50.7 Å². The normalized spacial score (nSPS) is 32.6. The summed E-state index contributed by atoms with van der Waals surface area (Å²) in [7, 11) is 0. The maximum atomic E-state index is 11.8. The molecule has 0 bridgehead atoms. The first-order valence-corrected chi connectivity index (χ1v) is 6.31. The number of hydrogen-bond donors (Lipinski definition) is 1. The zero-order valence-corrected chi connectivity index (χ0v) is 9.45. The molecule has 4 nitrogen and oxygen atoms in total. The van der Waals surface area contributed by atoms with Gasteiger partial charge in [0.05, 0.1) is 0 Å². The first-order valence-electron chi connectivity index (χ1n) is 6.31. The molecule has 0 unspecified atom stereocenters. The van der Waals surface area contributed by atoms with Crippen molar-refractivity contribution in [3.05, 3.63) is 0 Å². The summed E-state index contributed by atoms with van der Waals surface area (Å²) in [5.41, 5.74) is 0. The Balaban J connectivity index is 1.39. The van der Waals surface area contributed by atoms with Crippen LogP contribution >= 0.6 is 0 Å². The van der Waals surface area contributed by atoms with Gasteiger partial charge >= 0.3 is 0 Å². The standard InChI is InChI=1S/C12H18N2O2/c15-12(13-11-3-4-16-14-11)10-6-9(7-10)5-8-1-2-8/h8-10H,1-7H2,(H,13,14,15). The highest BCUT2D eigenvalue weighted by atomic mass is 16.6. The Labute approximate surface area is 95.4 Å². The van der Waals surface area contributed by atoms with Gasteiger partial charge in [-0.2, -0.15) is 0 Å². The van der Waals surface area contributed by atoms with Gasteiger partial charge in [0, 0.05) is 12.3 Å². The number of oxime groups is 1. The maximum absolute atomic E-state index is 11.8. The first kappa shape index (κ1) is 10.1. The van der Waals surface area contributed by atoms with Gasteiger partial charge < -0.3 is 10.2 Å². The van der Waals surface area contributed by atoms with Gasteiger partial charge in [0.2, 0.25) is 5.91 Å². The Kier molecular flexibility index (Phi) is 2.58. The van der Waals surface area contributed by atoms with Crippen molar-refractivity contribution in [3.63, 3.8) is 0 Å². The van der Waals surface area contributed by atoms with Crippen LogP contribution in [0.3, 0.4) is 0 Å². The van der Waals surface area contributed by atoms with E-state index in [0.717, 1.165) is 31.1 Å². The van der Waals surface area contributed by atoms with E-state index in [9.17, 15) is 4.79 Å². The molecular formula is C12H18N2O2. The minimum atomic E-state index is 0.149. The number of amidine groups is 1. The van der Waals surface area contributed by atoms with Crippen molar-refractivity contribution in [2.75, 3.05) is 6.61 Å². The molecule has 0 saturated heterocycles. The van der Waals surface area contributed by atoms with Crippen molar-refractivity contribution in [2.24, 2.45) is 22.9 Å². The number of carbonyl (C=O) groups excluding carboxylic acids is 1. The molecule has 0 aromatic carbocycles. The van der Waals surface area contributed by atoms with E-state index in [0.29, 0.717) is 12.4 Å². The lowest BCUT2D eigenvalue weighted by Gasteiger charge is -2.34. The smallest absolute Gasteiger partial charge is 0.228 e. The number of rotatable bonds is 3. The second-order valence-corrected chi connectivity index (χ2v) is 5.32. The highest BCUT2D eigenvalue weighted by Crippen LogP contribution is 2.44. The molecule has 3 rings (SSSR count). The van der Waals surface area contributed by atoms with E-state index < -0.39 is 0 Å². The van der Waals surface area contributed by atoms with Crippen LogP contribution in [-0.4, -0.2) is 18.3 Å². The maximum Gasteiger partial charge on any atom is 0.228 e. The monoisotopic (exact) mass is 222 g/mol. The number of amides is 1. The van der Waals surface area contributed by atoms with E-state index in [1.165, 1.54) is 19.3 Å². The van der Waals surface area contributed by atoms with Crippen LogP contribution in [0.25, 0.3) is 0 Å². The Bertz CT molecular complexity index is 317. The second kappa shape index (κ2) is 4.07. The summed E-state index contributed by atoms with van der Waals surface area (Å²) >= 11 is 0. The van der Waals surface area contributed by atoms with Crippen molar-refractivity contribution >= 4 is 11.7 Å². The minimum absolute atomic E-state index is 0.149. The molecule has 2 fully saturated rings. The average molecular weight is 222 g/mol. The fourth-order valence-corrected chi connectivity index (χ4v) is 2.61. The predicted octanol–water partition coefficient (Wildman–Crippen LogP) is 1.66. The van der Waals surface area contributed by atoms with E-state index in [4.69, 9.17) is 4.84 Å². The molecule has 3 aliphatic rings. The van der Waals surface area contributed by atoms with E-state index in [-0.39, 0.29) is 11.8 Å². The second-order valence-electron chi connectivity index (χ2n) is 5.32. The van der Waals surface area contributed by atoms with Gasteiger partial charge in [-0.15, -0.1) is 0 Å². The van der Waals surface area contributed by atoms with Gasteiger partial charge in [-0.3, -0.25) is 4.79 Å². The first-order chi connectivity index (χ1) is 7.81. The molecule has 1 aliphatic heterocycles. The summed E-state index contributed by atoms with van der Waals surface area (Å²) in [6.07, 6.45) is 7.09. The molecule has 2 aliphatic carbocycles.